The summed E-state index contributed by atoms with van der Waals surface area (Å²) >= 11 is 3.28. The summed E-state index contributed by atoms with van der Waals surface area (Å²) < 4.78 is 7.71. The molecule has 0 saturated carbocycles. The Morgan fingerprint density at radius 1 is 1.41 bits per heavy atom. The van der Waals surface area contributed by atoms with Crippen molar-refractivity contribution in [3.8, 4) is 11.7 Å². The molecule has 0 radical (unpaired) electrons. The first-order valence-electron chi connectivity index (χ1n) is 5.06. The van der Waals surface area contributed by atoms with Crippen molar-refractivity contribution in [1.29, 1.82) is 0 Å². The van der Waals surface area contributed by atoms with Crippen LogP contribution < -0.4 is 10.5 Å². The Bertz CT molecular complexity index is 506. The highest BCUT2D eigenvalue weighted by atomic mass is 79.9. The summed E-state index contributed by atoms with van der Waals surface area (Å²) in [5.74, 6) is 1.42. The summed E-state index contributed by atoms with van der Waals surface area (Å²) in [4.78, 5) is 8.33. The van der Waals surface area contributed by atoms with Crippen LogP contribution in [0.3, 0.4) is 0 Å². The molecule has 2 heterocycles. The summed E-state index contributed by atoms with van der Waals surface area (Å²) in [6.07, 6.45) is 4.92. The lowest BCUT2D eigenvalue weighted by Gasteiger charge is -2.08. The van der Waals surface area contributed by atoms with Crippen molar-refractivity contribution in [3.63, 3.8) is 0 Å². The number of anilines is 1. The molecular formula is C10H12BrN5O. The second-order valence-electron chi connectivity index (χ2n) is 3.69. The maximum Gasteiger partial charge on any atom is 0.234 e. The van der Waals surface area contributed by atoms with Crippen LogP contribution >= 0.6 is 15.9 Å². The summed E-state index contributed by atoms with van der Waals surface area (Å²) in [5.41, 5.74) is 5.64. The van der Waals surface area contributed by atoms with Gasteiger partial charge in [0, 0.05) is 6.20 Å². The van der Waals surface area contributed by atoms with Gasteiger partial charge in [0.15, 0.2) is 11.6 Å². The number of aromatic nitrogens is 4. The topological polar surface area (TPSA) is 78.9 Å². The van der Waals surface area contributed by atoms with E-state index in [1.54, 1.807) is 23.3 Å². The molecule has 90 valence electrons. The third kappa shape index (κ3) is 2.73. The highest BCUT2D eigenvalue weighted by Crippen LogP contribution is 2.19. The third-order valence-electron chi connectivity index (χ3n) is 1.89. The van der Waals surface area contributed by atoms with Crippen LogP contribution in [-0.4, -0.2) is 25.9 Å². The van der Waals surface area contributed by atoms with Gasteiger partial charge in [-0.25, -0.2) is 4.68 Å². The van der Waals surface area contributed by atoms with Crippen LogP contribution in [0.1, 0.15) is 13.8 Å². The molecule has 0 aromatic carbocycles. The van der Waals surface area contributed by atoms with Gasteiger partial charge in [0.25, 0.3) is 0 Å². The van der Waals surface area contributed by atoms with Gasteiger partial charge in [-0.3, -0.25) is 4.98 Å². The number of nitrogens with two attached hydrogens (primary N) is 1. The van der Waals surface area contributed by atoms with E-state index in [0.717, 1.165) is 4.47 Å². The summed E-state index contributed by atoms with van der Waals surface area (Å²) in [5, 5.41) is 4.09. The predicted octanol–water partition coefficient (Wildman–Crippen LogP) is 1.79. The molecule has 0 atom stereocenters. The van der Waals surface area contributed by atoms with Gasteiger partial charge in [-0.15, -0.1) is 5.10 Å². The van der Waals surface area contributed by atoms with Gasteiger partial charge in [-0.2, -0.15) is 4.98 Å². The van der Waals surface area contributed by atoms with Gasteiger partial charge in [-0.1, -0.05) is 0 Å². The van der Waals surface area contributed by atoms with Crippen LogP contribution in [0.25, 0.3) is 5.82 Å². The average molecular weight is 298 g/mol. The molecule has 0 aliphatic rings. The Morgan fingerprint density at radius 3 is 2.76 bits per heavy atom. The van der Waals surface area contributed by atoms with Crippen molar-refractivity contribution in [2.24, 2.45) is 0 Å². The molecule has 0 saturated heterocycles. The maximum atomic E-state index is 5.64. The normalized spacial score (nSPS) is 10.8. The highest BCUT2D eigenvalue weighted by molar-refractivity contribution is 9.10. The van der Waals surface area contributed by atoms with Gasteiger partial charge >= 0.3 is 0 Å². The number of nitrogen functional groups attached to an aromatic ring is 1. The molecule has 0 spiro atoms. The van der Waals surface area contributed by atoms with E-state index < -0.39 is 0 Å². The summed E-state index contributed by atoms with van der Waals surface area (Å²) in [6, 6.07) is 0. The fraction of sp³-hybridized carbons (Fsp3) is 0.300. The van der Waals surface area contributed by atoms with E-state index in [1.807, 2.05) is 13.8 Å². The largest absolute Gasteiger partial charge is 0.474 e. The minimum Gasteiger partial charge on any atom is -0.474 e. The van der Waals surface area contributed by atoms with E-state index in [-0.39, 0.29) is 6.10 Å². The van der Waals surface area contributed by atoms with Crippen molar-refractivity contribution < 1.29 is 4.74 Å². The standard InChI is InChI=1S/C10H12BrN5O/c1-6(2)17-9-4-13-3-8(14-9)16-5-7(11)10(12)15-16/h3-6H,1-2H3,(H2,12,15). The molecule has 0 bridgehead atoms. The minimum absolute atomic E-state index is 0.0500. The zero-order valence-corrected chi connectivity index (χ0v) is 11.0. The Hall–Kier alpha value is -1.63. The average Bonchev–Trinajstić information content (AvgIpc) is 2.59. The van der Waals surface area contributed by atoms with Crippen LogP contribution in [-0.2, 0) is 0 Å². The Kier molecular flexibility index (Phi) is 3.28. The van der Waals surface area contributed by atoms with Gasteiger partial charge in [0.1, 0.15) is 0 Å². The van der Waals surface area contributed by atoms with Crippen molar-refractivity contribution >= 4 is 21.7 Å². The SMILES string of the molecule is CC(C)Oc1cncc(-n2cc(Br)c(N)n2)n1. The van der Waals surface area contributed by atoms with Crippen molar-refractivity contribution in [3.05, 3.63) is 23.1 Å². The Balaban J connectivity index is 2.32. The van der Waals surface area contributed by atoms with Crippen molar-refractivity contribution in [1.82, 2.24) is 19.7 Å². The molecule has 0 fully saturated rings. The quantitative estimate of drug-likeness (QED) is 0.934. The van der Waals surface area contributed by atoms with E-state index >= 15 is 0 Å². The molecule has 7 heteroatoms. The lowest BCUT2D eigenvalue weighted by Crippen LogP contribution is -2.09. The number of halogens is 1. The summed E-state index contributed by atoms with van der Waals surface area (Å²) in [7, 11) is 0. The first kappa shape index (κ1) is 11.8. The van der Waals surface area contributed by atoms with Crippen molar-refractivity contribution in [2.75, 3.05) is 5.73 Å². The number of hydrogen-bond acceptors (Lipinski definition) is 5. The molecule has 2 aromatic rings. The minimum atomic E-state index is 0.0500. The number of hydrogen-bond donors (Lipinski definition) is 1. The van der Waals surface area contributed by atoms with E-state index in [9.17, 15) is 0 Å². The Labute approximate surface area is 107 Å². The number of nitrogens with zero attached hydrogens (tertiary/aromatic N) is 4. The number of rotatable bonds is 3. The molecule has 2 N–H and O–H groups in total. The predicted molar refractivity (Wildman–Crippen MR) is 67.0 cm³/mol. The fourth-order valence-electron chi connectivity index (χ4n) is 1.23. The smallest absolute Gasteiger partial charge is 0.234 e. The maximum absolute atomic E-state index is 5.64. The Morgan fingerprint density at radius 2 is 2.18 bits per heavy atom. The van der Waals surface area contributed by atoms with Gasteiger partial charge in [-0.05, 0) is 29.8 Å². The van der Waals surface area contributed by atoms with Gasteiger partial charge in [0.05, 0.1) is 23.0 Å². The molecule has 2 rings (SSSR count). The lowest BCUT2D eigenvalue weighted by atomic mass is 10.5. The zero-order valence-electron chi connectivity index (χ0n) is 9.46. The van der Waals surface area contributed by atoms with Gasteiger partial charge in [0.2, 0.25) is 5.88 Å². The molecular weight excluding hydrogens is 286 g/mol. The second-order valence-corrected chi connectivity index (χ2v) is 4.54. The molecule has 0 amide bonds. The first-order valence-corrected chi connectivity index (χ1v) is 5.85. The van der Waals surface area contributed by atoms with Crippen molar-refractivity contribution in [2.45, 2.75) is 20.0 Å². The van der Waals surface area contributed by atoms with E-state index in [4.69, 9.17) is 10.5 Å². The highest BCUT2D eigenvalue weighted by Gasteiger charge is 2.07. The lowest BCUT2D eigenvalue weighted by molar-refractivity contribution is 0.231. The van der Waals surface area contributed by atoms with Crippen LogP contribution in [0.15, 0.2) is 23.1 Å². The molecule has 0 aliphatic carbocycles. The fourth-order valence-corrected chi connectivity index (χ4v) is 1.50. The first-order chi connectivity index (χ1) is 8.06. The van der Waals surface area contributed by atoms with E-state index in [2.05, 4.69) is 31.0 Å². The molecule has 0 unspecified atom stereocenters. The van der Waals surface area contributed by atoms with Crippen LogP contribution in [0.4, 0.5) is 5.82 Å². The monoisotopic (exact) mass is 297 g/mol. The van der Waals surface area contributed by atoms with E-state index in [0.29, 0.717) is 17.5 Å². The summed E-state index contributed by atoms with van der Waals surface area (Å²) in [6.45, 7) is 3.85. The molecule has 6 nitrogen and oxygen atoms in total. The van der Waals surface area contributed by atoms with Crippen LogP contribution in [0.5, 0.6) is 5.88 Å². The second kappa shape index (κ2) is 4.70. The zero-order chi connectivity index (χ0) is 12.4. The third-order valence-corrected chi connectivity index (χ3v) is 2.50. The van der Waals surface area contributed by atoms with E-state index in [1.165, 1.54) is 0 Å². The molecule has 0 aliphatic heterocycles. The number of ether oxygens (including phenoxy) is 1. The van der Waals surface area contributed by atoms with Crippen LogP contribution in [0, 0.1) is 0 Å². The molecule has 17 heavy (non-hydrogen) atoms. The molecule has 2 aromatic heterocycles. The van der Waals surface area contributed by atoms with Gasteiger partial charge < -0.3 is 10.5 Å². The van der Waals surface area contributed by atoms with Crippen LogP contribution in [0.2, 0.25) is 0 Å².